The molecule has 0 radical (unpaired) electrons. The van der Waals surface area contributed by atoms with Crippen LogP contribution in [0, 0.1) is 5.82 Å². The number of rotatable bonds is 2. The van der Waals surface area contributed by atoms with Crippen LogP contribution in [-0.2, 0) is 4.79 Å². The predicted molar refractivity (Wildman–Crippen MR) is 54.4 cm³/mol. The number of Topliss-reactive ketones (excluding diaryl/α,β-unsaturated/α-hetero) is 1. The summed E-state index contributed by atoms with van der Waals surface area (Å²) in [5, 5.41) is 8.21. The molecule has 1 heterocycles. The smallest absolute Gasteiger partial charge is 0.377 e. The Morgan fingerprint density at radius 3 is 2.65 bits per heavy atom. The van der Waals surface area contributed by atoms with Gasteiger partial charge in [-0.1, -0.05) is 11.6 Å². The zero-order chi connectivity index (χ0) is 12.6. The van der Waals surface area contributed by atoms with Gasteiger partial charge in [-0.2, -0.15) is 0 Å². The average Bonchev–Trinajstić information content (AvgIpc) is 2.30. The molecular weight excluding hydrogens is 255 g/mol. The van der Waals surface area contributed by atoms with Crippen molar-refractivity contribution in [3.8, 4) is 11.5 Å². The molecule has 0 atom stereocenters. The fourth-order valence-electron chi connectivity index (χ4n) is 1.44. The molecule has 0 aliphatic carbocycles. The van der Waals surface area contributed by atoms with Crippen LogP contribution in [-0.4, -0.2) is 30.1 Å². The first kappa shape index (κ1) is 11.7. The van der Waals surface area contributed by atoms with Crippen LogP contribution >= 0.6 is 11.6 Å². The fourth-order valence-corrected chi connectivity index (χ4v) is 1.64. The summed E-state index contributed by atoms with van der Waals surface area (Å²) in [4.78, 5) is 21.9. The number of hydrogen-bond donors (Lipinski definition) is 1. The molecule has 7 heteroatoms. The molecule has 0 unspecified atom stereocenters. The minimum atomic E-state index is -1.79. The maximum atomic E-state index is 13.6. The maximum Gasteiger partial charge on any atom is 0.377 e. The Balaban J connectivity index is 2.66. The van der Waals surface area contributed by atoms with Crippen LogP contribution in [0.25, 0.3) is 0 Å². The average molecular weight is 261 g/mol. The van der Waals surface area contributed by atoms with E-state index in [1.165, 1.54) is 0 Å². The van der Waals surface area contributed by atoms with Gasteiger partial charge < -0.3 is 14.6 Å². The summed E-state index contributed by atoms with van der Waals surface area (Å²) in [6, 6.07) is 1.14. The summed E-state index contributed by atoms with van der Waals surface area (Å²) in [6.07, 6.45) is 0. The molecule has 1 N–H and O–H groups in total. The minimum Gasteiger partial charge on any atom is -0.486 e. The van der Waals surface area contributed by atoms with E-state index in [0.29, 0.717) is 0 Å². The first-order valence-electron chi connectivity index (χ1n) is 4.57. The topological polar surface area (TPSA) is 72.8 Å². The third kappa shape index (κ3) is 1.91. The minimum absolute atomic E-state index is 0.0623. The highest BCUT2D eigenvalue weighted by Crippen LogP contribution is 2.39. The van der Waals surface area contributed by atoms with Crippen molar-refractivity contribution in [1.82, 2.24) is 0 Å². The van der Waals surface area contributed by atoms with Gasteiger partial charge in [-0.05, 0) is 0 Å². The van der Waals surface area contributed by atoms with E-state index in [2.05, 4.69) is 0 Å². The summed E-state index contributed by atoms with van der Waals surface area (Å²) in [6.45, 7) is 0.323. The molecule has 1 aliphatic rings. The Hall–Kier alpha value is -1.82. The van der Waals surface area contributed by atoms with Crippen molar-refractivity contribution >= 4 is 23.4 Å². The molecule has 90 valence electrons. The Kier molecular flexibility index (Phi) is 2.89. The number of aliphatic carboxylic acids is 1. The lowest BCUT2D eigenvalue weighted by Crippen LogP contribution is -2.22. The summed E-state index contributed by atoms with van der Waals surface area (Å²) in [7, 11) is 0. The second kappa shape index (κ2) is 4.21. The molecule has 0 spiro atoms. The number of carboxylic acids is 1. The van der Waals surface area contributed by atoms with Crippen LogP contribution in [0.4, 0.5) is 4.39 Å². The highest BCUT2D eigenvalue weighted by molar-refractivity contribution is 6.41. The number of ether oxygens (including phenoxy) is 2. The molecule has 1 aromatic carbocycles. The second-order valence-electron chi connectivity index (χ2n) is 3.21. The lowest BCUT2D eigenvalue weighted by atomic mass is 10.1. The van der Waals surface area contributed by atoms with Crippen molar-refractivity contribution < 1.29 is 28.6 Å². The molecule has 0 amide bonds. The van der Waals surface area contributed by atoms with Crippen LogP contribution in [0.5, 0.6) is 11.5 Å². The molecule has 0 saturated heterocycles. The van der Waals surface area contributed by atoms with Gasteiger partial charge in [0.1, 0.15) is 18.8 Å². The number of benzene rings is 1. The van der Waals surface area contributed by atoms with E-state index in [1.54, 1.807) is 0 Å². The summed E-state index contributed by atoms with van der Waals surface area (Å²) in [5.41, 5.74) is -0.709. The molecule has 0 aromatic heterocycles. The van der Waals surface area contributed by atoms with Crippen molar-refractivity contribution in [2.24, 2.45) is 0 Å². The van der Waals surface area contributed by atoms with E-state index in [0.717, 1.165) is 6.07 Å². The van der Waals surface area contributed by atoms with Gasteiger partial charge in [-0.15, -0.1) is 0 Å². The maximum absolute atomic E-state index is 13.6. The van der Waals surface area contributed by atoms with Gasteiger partial charge in [0.2, 0.25) is 0 Å². The number of ketones is 1. The van der Waals surface area contributed by atoms with Gasteiger partial charge >= 0.3 is 5.97 Å². The summed E-state index contributed by atoms with van der Waals surface area (Å²) < 4.78 is 23.8. The third-order valence-corrected chi connectivity index (χ3v) is 2.42. The number of hydrogen-bond acceptors (Lipinski definition) is 4. The van der Waals surface area contributed by atoms with E-state index in [-0.39, 0.29) is 29.7 Å². The molecule has 1 aromatic rings. The van der Waals surface area contributed by atoms with Crippen molar-refractivity contribution in [3.63, 3.8) is 0 Å². The SMILES string of the molecule is O=C(O)C(=O)c1c(F)c(Cl)cc2c1OCCO2. The van der Waals surface area contributed by atoms with E-state index < -0.39 is 23.1 Å². The number of fused-ring (bicyclic) bond motifs is 1. The second-order valence-corrected chi connectivity index (χ2v) is 3.61. The van der Waals surface area contributed by atoms with Crippen LogP contribution in [0.2, 0.25) is 5.02 Å². The van der Waals surface area contributed by atoms with Gasteiger partial charge in [-0.25, -0.2) is 9.18 Å². The fraction of sp³-hybridized carbons (Fsp3) is 0.200. The van der Waals surface area contributed by atoms with Gasteiger partial charge in [-0.3, -0.25) is 4.79 Å². The lowest BCUT2D eigenvalue weighted by molar-refractivity contribution is -0.131. The Morgan fingerprint density at radius 2 is 2.00 bits per heavy atom. The molecule has 5 nitrogen and oxygen atoms in total. The van der Waals surface area contributed by atoms with Crippen molar-refractivity contribution in [1.29, 1.82) is 0 Å². The molecule has 0 bridgehead atoms. The lowest BCUT2D eigenvalue weighted by Gasteiger charge is -2.20. The monoisotopic (exact) mass is 260 g/mol. The number of carbonyl (C=O) groups is 2. The van der Waals surface area contributed by atoms with E-state index in [4.69, 9.17) is 26.2 Å². The predicted octanol–water partition coefficient (Wildman–Crippen LogP) is 1.52. The largest absolute Gasteiger partial charge is 0.486 e. The Morgan fingerprint density at radius 1 is 1.35 bits per heavy atom. The molecule has 1 aliphatic heterocycles. The molecule has 17 heavy (non-hydrogen) atoms. The Bertz CT molecular complexity index is 514. The van der Waals surface area contributed by atoms with E-state index in [9.17, 15) is 14.0 Å². The first-order valence-corrected chi connectivity index (χ1v) is 4.95. The summed E-state index contributed by atoms with van der Waals surface area (Å²) >= 11 is 5.54. The first-order chi connectivity index (χ1) is 8.02. The van der Waals surface area contributed by atoms with Gasteiger partial charge in [0.25, 0.3) is 5.78 Å². The number of halogens is 2. The van der Waals surface area contributed by atoms with Crippen molar-refractivity contribution in [2.75, 3.05) is 13.2 Å². The van der Waals surface area contributed by atoms with Crippen molar-refractivity contribution in [3.05, 3.63) is 22.5 Å². The van der Waals surface area contributed by atoms with E-state index >= 15 is 0 Å². The van der Waals surface area contributed by atoms with Gasteiger partial charge in [0.15, 0.2) is 17.3 Å². The van der Waals surface area contributed by atoms with Crippen LogP contribution in [0.3, 0.4) is 0 Å². The quantitative estimate of drug-likeness (QED) is 0.645. The van der Waals surface area contributed by atoms with E-state index in [1.807, 2.05) is 0 Å². The standard InChI is InChI=1S/C10H6ClFO5/c11-4-3-5-9(17-2-1-16-5)6(7(4)12)8(13)10(14)15/h3H,1-2H2,(H,14,15). The number of carbonyl (C=O) groups excluding carboxylic acids is 1. The highest BCUT2D eigenvalue weighted by Gasteiger charge is 2.30. The number of carboxylic acid groups (broad SMARTS) is 1. The zero-order valence-electron chi connectivity index (χ0n) is 8.33. The normalized spacial score (nSPS) is 13.3. The van der Waals surface area contributed by atoms with Crippen molar-refractivity contribution in [2.45, 2.75) is 0 Å². The molecular formula is C10H6ClFO5. The van der Waals surface area contributed by atoms with Gasteiger partial charge in [0, 0.05) is 6.07 Å². The Labute approximate surface area is 99.7 Å². The molecule has 0 fully saturated rings. The van der Waals surface area contributed by atoms with Crippen LogP contribution < -0.4 is 9.47 Å². The molecule has 0 saturated carbocycles. The third-order valence-electron chi connectivity index (χ3n) is 2.15. The zero-order valence-corrected chi connectivity index (χ0v) is 9.08. The summed E-state index contributed by atoms with van der Waals surface area (Å²) in [5.74, 6) is -4.49. The van der Waals surface area contributed by atoms with Crippen LogP contribution in [0.15, 0.2) is 6.07 Å². The van der Waals surface area contributed by atoms with Gasteiger partial charge in [0.05, 0.1) is 5.02 Å². The van der Waals surface area contributed by atoms with Crippen LogP contribution in [0.1, 0.15) is 10.4 Å². The molecule has 2 rings (SSSR count). The highest BCUT2D eigenvalue weighted by atomic mass is 35.5.